The van der Waals surface area contributed by atoms with Crippen molar-refractivity contribution in [3.8, 4) is 6.07 Å². The number of H-pyrrole nitrogens is 1. The molecular weight excluding hydrogens is 340 g/mol. The first-order valence-corrected chi connectivity index (χ1v) is 9.18. The third-order valence-corrected chi connectivity index (χ3v) is 6.02. The smallest absolute Gasteiger partial charge is 0.248 e. The van der Waals surface area contributed by atoms with Crippen molar-refractivity contribution in [1.29, 1.82) is 5.26 Å². The molecule has 1 aromatic carbocycles. The van der Waals surface area contributed by atoms with Gasteiger partial charge in [0.25, 0.3) is 0 Å². The number of pyridine rings is 2. The van der Waals surface area contributed by atoms with Crippen LogP contribution in [0.3, 0.4) is 0 Å². The van der Waals surface area contributed by atoms with Gasteiger partial charge in [-0.1, -0.05) is 0 Å². The van der Waals surface area contributed by atoms with Gasteiger partial charge in [0, 0.05) is 23.8 Å². The number of benzene rings is 1. The summed E-state index contributed by atoms with van der Waals surface area (Å²) in [6.45, 7) is 0. The van der Waals surface area contributed by atoms with Gasteiger partial charge >= 0.3 is 0 Å². The third-order valence-electron chi connectivity index (χ3n) is 4.23. The minimum absolute atomic E-state index is 0.0519. The summed E-state index contributed by atoms with van der Waals surface area (Å²) in [6.07, 6.45) is 3.33. The van der Waals surface area contributed by atoms with Gasteiger partial charge in [-0.15, -0.1) is 0 Å². The summed E-state index contributed by atoms with van der Waals surface area (Å²) < 4.78 is 24.4. The molecule has 2 aromatic heterocycles. The number of aromatic amines is 1. The molecule has 8 heteroatoms. The first-order chi connectivity index (χ1) is 12.0. The van der Waals surface area contributed by atoms with E-state index in [0.29, 0.717) is 44.7 Å². The zero-order valence-corrected chi connectivity index (χ0v) is 13.7. The van der Waals surface area contributed by atoms with Crippen molar-refractivity contribution in [1.82, 2.24) is 9.97 Å². The molecule has 0 unspecified atom stereocenters. The quantitative estimate of drug-likeness (QED) is 0.727. The lowest BCUT2D eigenvalue weighted by Gasteiger charge is -2.13. The predicted molar refractivity (Wildman–Crippen MR) is 92.6 cm³/mol. The molecule has 0 aliphatic carbocycles. The average molecular weight is 352 g/mol. The van der Waals surface area contributed by atoms with E-state index in [4.69, 9.17) is 0 Å². The van der Waals surface area contributed by atoms with Gasteiger partial charge in [0.2, 0.25) is 5.56 Å². The number of sulfone groups is 1. The molecule has 0 fully saturated rings. The summed E-state index contributed by atoms with van der Waals surface area (Å²) >= 11 is 0. The van der Waals surface area contributed by atoms with Crippen LogP contribution in [-0.2, 0) is 16.3 Å². The second kappa shape index (κ2) is 5.43. The van der Waals surface area contributed by atoms with Gasteiger partial charge in [-0.2, -0.15) is 5.26 Å². The molecule has 0 radical (unpaired) electrons. The lowest BCUT2D eigenvalue weighted by molar-refractivity contribution is 0.600. The fraction of sp³-hybridized carbons (Fsp3) is 0.118. The Bertz CT molecular complexity index is 1200. The Balaban J connectivity index is 2.01. The molecule has 4 rings (SSSR count). The van der Waals surface area contributed by atoms with Gasteiger partial charge in [0.15, 0.2) is 9.84 Å². The Morgan fingerprint density at radius 3 is 2.80 bits per heavy atom. The van der Waals surface area contributed by atoms with Crippen LogP contribution >= 0.6 is 0 Å². The Morgan fingerprint density at radius 1 is 1.24 bits per heavy atom. The molecule has 2 N–H and O–H groups in total. The van der Waals surface area contributed by atoms with Crippen LogP contribution in [0.2, 0.25) is 0 Å². The number of hydrogen-bond acceptors (Lipinski definition) is 6. The van der Waals surface area contributed by atoms with Gasteiger partial charge in [-0.05, 0) is 30.2 Å². The lowest BCUT2D eigenvalue weighted by Crippen LogP contribution is -2.04. The van der Waals surface area contributed by atoms with E-state index in [0.717, 1.165) is 0 Å². The van der Waals surface area contributed by atoms with Crippen molar-refractivity contribution in [2.24, 2.45) is 0 Å². The third kappa shape index (κ3) is 2.45. The number of rotatable bonds is 2. The zero-order chi connectivity index (χ0) is 17.6. The molecule has 1 aliphatic heterocycles. The molecule has 0 atom stereocenters. The minimum atomic E-state index is -3.30. The van der Waals surface area contributed by atoms with Crippen LogP contribution in [-0.4, -0.2) is 24.1 Å². The van der Waals surface area contributed by atoms with Gasteiger partial charge in [-0.3, -0.25) is 9.78 Å². The van der Waals surface area contributed by atoms with Gasteiger partial charge in [0.1, 0.15) is 6.07 Å². The highest BCUT2D eigenvalue weighted by Crippen LogP contribution is 2.37. The van der Waals surface area contributed by atoms with Gasteiger partial charge < -0.3 is 10.3 Å². The molecule has 0 saturated heterocycles. The summed E-state index contributed by atoms with van der Waals surface area (Å²) in [5.74, 6) is 0.0519. The van der Waals surface area contributed by atoms with Crippen molar-refractivity contribution in [2.75, 3.05) is 11.1 Å². The van der Waals surface area contributed by atoms with Crippen LogP contribution < -0.4 is 10.9 Å². The Kier molecular flexibility index (Phi) is 3.33. The molecule has 124 valence electrons. The van der Waals surface area contributed by atoms with Crippen molar-refractivity contribution < 1.29 is 8.42 Å². The number of aryl methyl sites for hydroxylation is 1. The lowest BCUT2D eigenvalue weighted by atomic mass is 10.0. The molecule has 25 heavy (non-hydrogen) atoms. The Labute approximate surface area is 142 Å². The van der Waals surface area contributed by atoms with Crippen LogP contribution in [0.15, 0.2) is 46.3 Å². The minimum Gasteiger partial charge on any atom is -0.353 e. The van der Waals surface area contributed by atoms with E-state index >= 15 is 0 Å². The second-order valence-corrected chi connectivity index (χ2v) is 7.81. The van der Waals surface area contributed by atoms with Crippen LogP contribution in [0.4, 0.5) is 11.4 Å². The summed E-state index contributed by atoms with van der Waals surface area (Å²) in [5, 5.41) is 13.2. The van der Waals surface area contributed by atoms with E-state index in [1.807, 2.05) is 0 Å². The fourth-order valence-corrected chi connectivity index (χ4v) is 4.62. The van der Waals surface area contributed by atoms with Crippen LogP contribution in [0.1, 0.15) is 11.1 Å². The molecule has 0 bridgehead atoms. The van der Waals surface area contributed by atoms with E-state index in [1.54, 1.807) is 18.2 Å². The van der Waals surface area contributed by atoms with E-state index in [9.17, 15) is 18.5 Å². The number of hydrogen-bond donors (Lipinski definition) is 2. The number of fused-ring (bicyclic) bond motifs is 3. The molecule has 0 amide bonds. The molecule has 3 aromatic rings. The van der Waals surface area contributed by atoms with E-state index < -0.39 is 9.84 Å². The van der Waals surface area contributed by atoms with Crippen molar-refractivity contribution in [3.63, 3.8) is 0 Å². The number of aromatic nitrogens is 2. The van der Waals surface area contributed by atoms with Crippen molar-refractivity contribution >= 4 is 32.1 Å². The first kappa shape index (κ1) is 15.4. The van der Waals surface area contributed by atoms with Crippen molar-refractivity contribution in [3.05, 3.63) is 58.1 Å². The molecule has 0 spiro atoms. The number of anilines is 2. The highest BCUT2D eigenvalue weighted by Gasteiger charge is 2.29. The molecule has 0 saturated carbocycles. The summed E-state index contributed by atoms with van der Waals surface area (Å²) in [7, 11) is -3.30. The SMILES string of the molecule is N#Cc1cnc2ccc3c(c2c1Nc1ccc(=O)[nH]c1)CCS3(=O)=O. The average Bonchev–Trinajstić information content (AvgIpc) is 2.92. The maximum absolute atomic E-state index is 12.2. The highest BCUT2D eigenvalue weighted by atomic mass is 32.2. The molecule has 7 nitrogen and oxygen atoms in total. The molecular formula is C17H12N4O3S. The normalized spacial score (nSPS) is 14.8. The number of nitriles is 1. The highest BCUT2D eigenvalue weighted by molar-refractivity contribution is 7.91. The monoisotopic (exact) mass is 352 g/mol. The number of nitrogens with zero attached hydrogens (tertiary/aromatic N) is 2. The Morgan fingerprint density at radius 2 is 2.08 bits per heavy atom. The van der Waals surface area contributed by atoms with E-state index in [1.165, 1.54) is 18.5 Å². The maximum Gasteiger partial charge on any atom is 0.248 e. The van der Waals surface area contributed by atoms with E-state index in [-0.39, 0.29) is 11.3 Å². The number of nitrogens with one attached hydrogen (secondary N) is 2. The first-order valence-electron chi connectivity index (χ1n) is 7.53. The van der Waals surface area contributed by atoms with Crippen molar-refractivity contribution in [2.45, 2.75) is 11.3 Å². The summed E-state index contributed by atoms with van der Waals surface area (Å²) in [6, 6.07) is 8.26. The van der Waals surface area contributed by atoms with Gasteiger partial charge in [-0.25, -0.2) is 8.42 Å². The topological polar surface area (TPSA) is 116 Å². The predicted octanol–water partition coefficient (Wildman–Crippen LogP) is 1.87. The van der Waals surface area contributed by atoms with Crippen LogP contribution in [0, 0.1) is 11.3 Å². The fourth-order valence-electron chi connectivity index (χ4n) is 3.07. The van der Waals surface area contributed by atoms with E-state index in [2.05, 4.69) is 21.4 Å². The zero-order valence-electron chi connectivity index (χ0n) is 12.9. The molecule has 3 heterocycles. The standard InChI is InChI=1S/C17H12N4O3S/c18-7-10-8-19-13-2-3-14-12(5-6-25(14,23)24)16(13)17(10)21-11-1-4-15(22)20-9-11/h1-4,8-9H,5-6H2,(H,19,21)(H,20,22). The molecule has 1 aliphatic rings. The Hall–Kier alpha value is -3.18. The van der Waals surface area contributed by atoms with Crippen LogP contribution in [0.5, 0.6) is 0 Å². The second-order valence-electron chi connectivity index (χ2n) is 5.73. The summed E-state index contributed by atoms with van der Waals surface area (Å²) in [4.78, 5) is 18.4. The largest absolute Gasteiger partial charge is 0.353 e. The summed E-state index contributed by atoms with van der Waals surface area (Å²) in [5.41, 5.74) is 2.43. The van der Waals surface area contributed by atoms with Gasteiger partial charge in [0.05, 0.1) is 33.1 Å². The maximum atomic E-state index is 12.2. The van der Waals surface area contributed by atoms with Crippen LogP contribution in [0.25, 0.3) is 10.9 Å².